The standard InChI is InChI=1S/C9H13NO3S/c1-4-3-14-8-5(2)7(11)10(8)6(4)9(12)13/h4-6,8H,3H2,1-2H3,(H,12,13). The van der Waals surface area contributed by atoms with Crippen molar-refractivity contribution in [3.05, 3.63) is 0 Å². The number of hydrogen-bond acceptors (Lipinski definition) is 3. The first-order valence-electron chi connectivity index (χ1n) is 4.70. The van der Waals surface area contributed by atoms with Gasteiger partial charge in [-0.1, -0.05) is 13.8 Å². The molecule has 5 heteroatoms. The van der Waals surface area contributed by atoms with Gasteiger partial charge in [-0.15, -0.1) is 11.8 Å². The van der Waals surface area contributed by atoms with E-state index in [0.717, 1.165) is 5.75 Å². The van der Waals surface area contributed by atoms with E-state index in [4.69, 9.17) is 5.11 Å². The molecule has 0 saturated carbocycles. The van der Waals surface area contributed by atoms with Crippen LogP contribution in [0.5, 0.6) is 0 Å². The summed E-state index contributed by atoms with van der Waals surface area (Å²) in [5, 5.41) is 9.13. The Balaban J connectivity index is 2.21. The fourth-order valence-electron chi connectivity index (χ4n) is 2.14. The van der Waals surface area contributed by atoms with Crippen LogP contribution in [-0.2, 0) is 9.59 Å². The molecule has 14 heavy (non-hydrogen) atoms. The summed E-state index contributed by atoms with van der Waals surface area (Å²) in [5.41, 5.74) is 0. The topological polar surface area (TPSA) is 57.6 Å². The summed E-state index contributed by atoms with van der Waals surface area (Å²) in [6.07, 6.45) is 0. The Bertz CT molecular complexity index is 294. The normalized spacial score (nSPS) is 41.6. The van der Waals surface area contributed by atoms with Crippen LogP contribution >= 0.6 is 11.8 Å². The van der Waals surface area contributed by atoms with E-state index >= 15 is 0 Å². The van der Waals surface area contributed by atoms with Crippen LogP contribution in [0.25, 0.3) is 0 Å². The molecule has 0 aromatic rings. The summed E-state index contributed by atoms with van der Waals surface area (Å²) in [5.74, 6) is -0.0144. The van der Waals surface area contributed by atoms with E-state index in [-0.39, 0.29) is 23.1 Å². The second-order valence-electron chi connectivity index (χ2n) is 4.02. The smallest absolute Gasteiger partial charge is 0.326 e. The quantitative estimate of drug-likeness (QED) is 0.652. The Morgan fingerprint density at radius 2 is 2.21 bits per heavy atom. The SMILES string of the molecule is CC1CSC2C(C)C(=O)N2C1C(=O)O. The molecule has 4 nitrogen and oxygen atoms in total. The van der Waals surface area contributed by atoms with Crippen LogP contribution < -0.4 is 0 Å². The molecule has 78 valence electrons. The molecule has 0 spiro atoms. The maximum Gasteiger partial charge on any atom is 0.326 e. The summed E-state index contributed by atoms with van der Waals surface area (Å²) < 4.78 is 0. The molecule has 0 aliphatic carbocycles. The zero-order valence-electron chi connectivity index (χ0n) is 8.14. The minimum absolute atomic E-state index is 0.00523. The van der Waals surface area contributed by atoms with E-state index in [1.165, 1.54) is 4.90 Å². The van der Waals surface area contributed by atoms with Crippen LogP contribution in [0.4, 0.5) is 0 Å². The van der Waals surface area contributed by atoms with Gasteiger partial charge in [0, 0.05) is 5.75 Å². The molecule has 0 radical (unpaired) electrons. The van der Waals surface area contributed by atoms with Gasteiger partial charge in [-0.3, -0.25) is 4.79 Å². The highest BCUT2D eigenvalue weighted by atomic mass is 32.2. The lowest BCUT2D eigenvalue weighted by Crippen LogP contribution is -2.68. The van der Waals surface area contributed by atoms with Gasteiger partial charge < -0.3 is 10.0 Å². The van der Waals surface area contributed by atoms with Crippen LogP contribution in [0.15, 0.2) is 0 Å². The van der Waals surface area contributed by atoms with Gasteiger partial charge in [0.2, 0.25) is 5.91 Å². The molecule has 2 saturated heterocycles. The predicted molar refractivity (Wildman–Crippen MR) is 52.8 cm³/mol. The molecule has 2 aliphatic rings. The second kappa shape index (κ2) is 3.15. The third-order valence-electron chi connectivity index (χ3n) is 2.97. The number of nitrogens with zero attached hydrogens (tertiary/aromatic N) is 1. The van der Waals surface area contributed by atoms with Crippen molar-refractivity contribution in [3.8, 4) is 0 Å². The molecule has 1 N–H and O–H groups in total. The maximum atomic E-state index is 11.5. The fraction of sp³-hybridized carbons (Fsp3) is 0.778. The number of rotatable bonds is 1. The summed E-state index contributed by atoms with van der Waals surface area (Å²) in [6, 6.07) is -0.607. The van der Waals surface area contributed by atoms with Crippen molar-refractivity contribution in [1.82, 2.24) is 4.90 Å². The lowest BCUT2D eigenvalue weighted by molar-refractivity contribution is -0.166. The average molecular weight is 215 g/mol. The summed E-state index contributed by atoms with van der Waals surface area (Å²) >= 11 is 1.70. The van der Waals surface area contributed by atoms with E-state index in [9.17, 15) is 9.59 Å². The third kappa shape index (κ3) is 1.15. The number of hydrogen-bond donors (Lipinski definition) is 1. The molecular weight excluding hydrogens is 202 g/mol. The van der Waals surface area contributed by atoms with Crippen LogP contribution in [0, 0.1) is 11.8 Å². The monoisotopic (exact) mass is 215 g/mol. The van der Waals surface area contributed by atoms with Gasteiger partial charge in [-0.25, -0.2) is 4.79 Å². The zero-order valence-corrected chi connectivity index (χ0v) is 8.95. The number of aliphatic carboxylic acids is 1. The Hall–Kier alpha value is -0.710. The van der Waals surface area contributed by atoms with Crippen molar-refractivity contribution in [2.24, 2.45) is 11.8 Å². The Labute approximate surface area is 86.6 Å². The van der Waals surface area contributed by atoms with Crippen molar-refractivity contribution in [2.45, 2.75) is 25.3 Å². The molecule has 0 bridgehead atoms. The lowest BCUT2D eigenvalue weighted by atomic mass is 9.92. The molecule has 2 fully saturated rings. The van der Waals surface area contributed by atoms with Crippen molar-refractivity contribution in [1.29, 1.82) is 0 Å². The highest BCUT2D eigenvalue weighted by Gasteiger charge is 2.54. The molecule has 4 atom stereocenters. The van der Waals surface area contributed by atoms with E-state index in [1.807, 2.05) is 13.8 Å². The third-order valence-corrected chi connectivity index (χ3v) is 4.66. The Morgan fingerprint density at radius 1 is 1.57 bits per heavy atom. The number of carbonyl (C=O) groups is 2. The number of thioether (sulfide) groups is 1. The van der Waals surface area contributed by atoms with Crippen molar-refractivity contribution < 1.29 is 14.7 Å². The molecule has 0 aromatic carbocycles. The van der Waals surface area contributed by atoms with E-state index in [1.54, 1.807) is 11.8 Å². The molecule has 2 rings (SSSR count). The van der Waals surface area contributed by atoms with Gasteiger partial charge in [-0.2, -0.15) is 0 Å². The summed E-state index contributed by atoms with van der Waals surface area (Å²) in [4.78, 5) is 24.0. The first kappa shape index (κ1) is 9.83. The largest absolute Gasteiger partial charge is 0.480 e. The van der Waals surface area contributed by atoms with Gasteiger partial charge in [0.25, 0.3) is 0 Å². The van der Waals surface area contributed by atoms with E-state index in [0.29, 0.717) is 0 Å². The number of carboxylic acids is 1. The molecule has 2 heterocycles. The highest BCUT2D eigenvalue weighted by Crippen LogP contribution is 2.43. The number of amides is 1. The number of fused-ring (bicyclic) bond motifs is 1. The van der Waals surface area contributed by atoms with Gasteiger partial charge in [0.1, 0.15) is 6.04 Å². The molecule has 2 aliphatic heterocycles. The Morgan fingerprint density at radius 3 is 2.79 bits per heavy atom. The second-order valence-corrected chi connectivity index (χ2v) is 5.17. The lowest BCUT2D eigenvalue weighted by Gasteiger charge is -2.53. The Kier molecular flexibility index (Phi) is 2.21. The first-order chi connectivity index (χ1) is 6.54. The van der Waals surface area contributed by atoms with Gasteiger partial charge in [-0.05, 0) is 5.92 Å². The first-order valence-corrected chi connectivity index (χ1v) is 5.75. The van der Waals surface area contributed by atoms with Crippen LogP contribution in [0.2, 0.25) is 0 Å². The van der Waals surface area contributed by atoms with Gasteiger partial charge in [0.05, 0.1) is 11.3 Å². The predicted octanol–water partition coefficient (Wildman–Crippen LogP) is 0.627. The average Bonchev–Trinajstić information content (AvgIpc) is 2.15. The van der Waals surface area contributed by atoms with Crippen LogP contribution in [0.1, 0.15) is 13.8 Å². The number of carbonyl (C=O) groups excluding carboxylic acids is 1. The number of β-lactam (4-membered cyclic amide) rings is 1. The zero-order chi connectivity index (χ0) is 10.5. The van der Waals surface area contributed by atoms with Crippen molar-refractivity contribution >= 4 is 23.6 Å². The van der Waals surface area contributed by atoms with Crippen molar-refractivity contribution in [3.63, 3.8) is 0 Å². The van der Waals surface area contributed by atoms with E-state index < -0.39 is 12.0 Å². The molecule has 4 unspecified atom stereocenters. The van der Waals surface area contributed by atoms with E-state index in [2.05, 4.69) is 0 Å². The number of carboxylic acid groups (broad SMARTS) is 1. The van der Waals surface area contributed by atoms with Gasteiger partial charge in [0.15, 0.2) is 0 Å². The fourth-order valence-corrected chi connectivity index (χ4v) is 3.62. The van der Waals surface area contributed by atoms with Crippen LogP contribution in [0.3, 0.4) is 0 Å². The minimum Gasteiger partial charge on any atom is -0.480 e. The van der Waals surface area contributed by atoms with Gasteiger partial charge >= 0.3 is 5.97 Å². The highest BCUT2D eigenvalue weighted by molar-refractivity contribution is 8.00. The summed E-state index contributed by atoms with van der Waals surface area (Å²) in [7, 11) is 0. The summed E-state index contributed by atoms with van der Waals surface area (Å²) in [6.45, 7) is 3.75. The molecular formula is C9H13NO3S. The molecule has 1 amide bonds. The minimum atomic E-state index is -0.872. The van der Waals surface area contributed by atoms with Crippen molar-refractivity contribution in [2.75, 3.05) is 5.75 Å². The molecule has 0 aromatic heterocycles. The maximum absolute atomic E-state index is 11.5. The van der Waals surface area contributed by atoms with Crippen LogP contribution in [-0.4, -0.2) is 39.1 Å².